The number of para-hydroxylation sites is 1. The van der Waals surface area contributed by atoms with Crippen molar-refractivity contribution in [3.63, 3.8) is 0 Å². The van der Waals surface area contributed by atoms with Gasteiger partial charge in [-0.3, -0.25) is 0 Å². The van der Waals surface area contributed by atoms with E-state index in [2.05, 4.69) is 6.92 Å². The number of furan rings is 1. The minimum Gasteiger partial charge on any atom is -0.455 e. The van der Waals surface area contributed by atoms with Crippen molar-refractivity contribution in [1.29, 1.82) is 0 Å². The maximum absolute atomic E-state index is 13.6. The molecule has 0 spiro atoms. The third-order valence-corrected chi connectivity index (χ3v) is 4.19. The number of thioether (sulfide) groups is 1. The van der Waals surface area contributed by atoms with Gasteiger partial charge in [-0.2, -0.15) is 0 Å². The number of fused-ring (bicyclic) bond motifs is 1. The quantitative estimate of drug-likeness (QED) is 0.705. The van der Waals surface area contributed by atoms with Crippen molar-refractivity contribution in [1.82, 2.24) is 0 Å². The molecular formula is C17H15FO2S. The Kier molecular flexibility index (Phi) is 3.99. The largest absolute Gasteiger partial charge is 0.455 e. The lowest BCUT2D eigenvalue weighted by atomic mass is 10.1. The lowest BCUT2D eigenvalue weighted by Gasteiger charge is -2.08. The molecule has 1 atom stereocenters. The predicted octanol–water partition coefficient (Wildman–Crippen LogP) is 4.77. The van der Waals surface area contributed by atoms with Crippen LogP contribution in [0.5, 0.6) is 0 Å². The van der Waals surface area contributed by atoms with E-state index in [0.717, 1.165) is 16.2 Å². The Morgan fingerprint density at radius 3 is 2.62 bits per heavy atom. The summed E-state index contributed by atoms with van der Waals surface area (Å²) in [5, 5.41) is 11.0. The molecule has 4 heteroatoms. The van der Waals surface area contributed by atoms with Gasteiger partial charge < -0.3 is 9.52 Å². The molecule has 0 saturated carbocycles. The highest BCUT2D eigenvalue weighted by atomic mass is 32.2. The molecule has 1 heterocycles. The zero-order chi connectivity index (χ0) is 14.8. The fraction of sp³-hybridized carbons (Fsp3) is 0.176. The van der Waals surface area contributed by atoms with Crippen LogP contribution in [0.3, 0.4) is 0 Å². The van der Waals surface area contributed by atoms with Crippen LogP contribution >= 0.6 is 11.8 Å². The van der Waals surface area contributed by atoms with E-state index in [4.69, 9.17) is 4.42 Å². The van der Waals surface area contributed by atoms with Gasteiger partial charge in [0.05, 0.1) is 0 Å². The Balaban J connectivity index is 1.92. The number of halogens is 1. The molecule has 1 N–H and O–H groups in total. The van der Waals surface area contributed by atoms with Crippen LogP contribution < -0.4 is 0 Å². The zero-order valence-corrected chi connectivity index (χ0v) is 12.4. The van der Waals surface area contributed by atoms with Crippen molar-refractivity contribution >= 4 is 22.7 Å². The molecule has 0 fully saturated rings. The number of benzene rings is 2. The van der Waals surface area contributed by atoms with Gasteiger partial charge in [-0.1, -0.05) is 31.2 Å². The Hall–Kier alpha value is -1.78. The van der Waals surface area contributed by atoms with Crippen LogP contribution in [0.15, 0.2) is 57.8 Å². The standard InChI is InChI=1S/C17H15FO2S/c1-2-21-13-8-6-11(7-9-13)16(19)15-10-12-4-3-5-14(18)17(12)20-15/h3-10,16,19H,2H2,1H3. The summed E-state index contributed by atoms with van der Waals surface area (Å²) in [6.07, 6.45) is -0.891. The fourth-order valence-corrected chi connectivity index (χ4v) is 2.92. The lowest BCUT2D eigenvalue weighted by molar-refractivity contribution is 0.192. The molecule has 0 radical (unpaired) electrons. The van der Waals surface area contributed by atoms with Crippen LogP contribution in [0.1, 0.15) is 24.4 Å². The van der Waals surface area contributed by atoms with Gasteiger partial charge in [0.25, 0.3) is 0 Å². The van der Waals surface area contributed by atoms with E-state index in [0.29, 0.717) is 11.1 Å². The molecule has 0 amide bonds. The van der Waals surface area contributed by atoms with E-state index in [1.807, 2.05) is 24.3 Å². The zero-order valence-electron chi connectivity index (χ0n) is 11.5. The van der Waals surface area contributed by atoms with Gasteiger partial charge in [-0.25, -0.2) is 4.39 Å². The fourth-order valence-electron chi connectivity index (χ4n) is 2.26. The molecule has 3 aromatic rings. The molecule has 2 aromatic carbocycles. The smallest absolute Gasteiger partial charge is 0.170 e. The van der Waals surface area contributed by atoms with E-state index >= 15 is 0 Å². The van der Waals surface area contributed by atoms with Gasteiger partial charge in [-0.05, 0) is 35.6 Å². The average molecular weight is 302 g/mol. The van der Waals surface area contributed by atoms with Crippen LogP contribution in [0, 0.1) is 5.82 Å². The molecule has 3 rings (SSSR count). The Morgan fingerprint density at radius 1 is 1.19 bits per heavy atom. The minimum atomic E-state index is -0.891. The Bertz CT molecular complexity index is 749. The molecule has 1 unspecified atom stereocenters. The highest BCUT2D eigenvalue weighted by Crippen LogP contribution is 2.30. The molecule has 1 aromatic heterocycles. The molecule has 0 aliphatic carbocycles. The molecule has 0 saturated heterocycles. The van der Waals surface area contributed by atoms with Crippen molar-refractivity contribution in [2.24, 2.45) is 0 Å². The highest BCUT2D eigenvalue weighted by Gasteiger charge is 2.17. The molecule has 0 aliphatic rings. The summed E-state index contributed by atoms with van der Waals surface area (Å²) in [7, 11) is 0. The van der Waals surface area contributed by atoms with Crippen molar-refractivity contribution < 1.29 is 13.9 Å². The number of rotatable bonds is 4. The van der Waals surface area contributed by atoms with Gasteiger partial charge in [0.15, 0.2) is 11.4 Å². The second-order valence-electron chi connectivity index (χ2n) is 4.71. The topological polar surface area (TPSA) is 33.4 Å². The van der Waals surface area contributed by atoms with Crippen molar-refractivity contribution in [3.8, 4) is 0 Å². The SMILES string of the molecule is CCSc1ccc(C(O)c2cc3cccc(F)c3o2)cc1. The van der Waals surface area contributed by atoms with E-state index in [9.17, 15) is 9.50 Å². The van der Waals surface area contributed by atoms with Crippen LogP contribution in [0.4, 0.5) is 4.39 Å². The van der Waals surface area contributed by atoms with E-state index in [1.165, 1.54) is 6.07 Å². The van der Waals surface area contributed by atoms with Crippen molar-refractivity contribution in [3.05, 3.63) is 65.7 Å². The molecule has 108 valence electrons. The maximum atomic E-state index is 13.6. The van der Waals surface area contributed by atoms with Crippen LogP contribution in [0.2, 0.25) is 0 Å². The first-order valence-electron chi connectivity index (χ1n) is 6.78. The maximum Gasteiger partial charge on any atom is 0.170 e. The molecule has 21 heavy (non-hydrogen) atoms. The number of aliphatic hydroxyl groups excluding tert-OH is 1. The van der Waals surface area contributed by atoms with Crippen molar-refractivity contribution in [2.45, 2.75) is 17.9 Å². The van der Waals surface area contributed by atoms with Gasteiger partial charge in [0.2, 0.25) is 0 Å². The van der Waals surface area contributed by atoms with Gasteiger partial charge in [0, 0.05) is 10.3 Å². The lowest BCUT2D eigenvalue weighted by Crippen LogP contribution is -1.97. The van der Waals surface area contributed by atoms with E-state index in [-0.39, 0.29) is 5.58 Å². The van der Waals surface area contributed by atoms with E-state index in [1.54, 1.807) is 30.0 Å². The average Bonchev–Trinajstić information content (AvgIpc) is 2.93. The van der Waals surface area contributed by atoms with Crippen LogP contribution in [-0.4, -0.2) is 10.9 Å². The number of aliphatic hydroxyl groups is 1. The first kappa shape index (κ1) is 14.2. The second kappa shape index (κ2) is 5.92. The number of hydrogen-bond acceptors (Lipinski definition) is 3. The second-order valence-corrected chi connectivity index (χ2v) is 6.05. The van der Waals surface area contributed by atoms with Gasteiger partial charge in [-0.15, -0.1) is 11.8 Å². The van der Waals surface area contributed by atoms with E-state index < -0.39 is 11.9 Å². The monoisotopic (exact) mass is 302 g/mol. The predicted molar refractivity (Wildman–Crippen MR) is 83.1 cm³/mol. The third-order valence-electron chi connectivity index (χ3n) is 3.29. The first-order chi connectivity index (χ1) is 10.2. The summed E-state index contributed by atoms with van der Waals surface area (Å²) in [4.78, 5) is 1.16. The summed E-state index contributed by atoms with van der Waals surface area (Å²) in [6, 6.07) is 14.1. The Labute approximate surface area is 126 Å². The third kappa shape index (κ3) is 2.82. The summed E-state index contributed by atoms with van der Waals surface area (Å²) in [5.74, 6) is 0.941. The summed E-state index contributed by atoms with van der Waals surface area (Å²) < 4.78 is 19.1. The Morgan fingerprint density at radius 2 is 1.95 bits per heavy atom. The molecular weight excluding hydrogens is 287 g/mol. The molecule has 0 bridgehead atoms. The minimum absolute atomic E-state index is 0.185. The summed E-state index contributed by atoms with van der Waals surface area (Å²) >= 11 is 1.74. The van der Waals surface area contributed by atoms with Crippen LogP contribution in [-0.2, 0) is 0 Å². The molecule has 0 aliphatic heterocycles. The van der Waals surface area contributed by atoms with Crippen LogP contribution in [0.25, 0.3) is 11.0 Å². The summed E-state index contributed by atoms with van der Waals surface area (Å²) in [6.45, 7) is 2.09. The highest BCUT2D eigenvalue weighted by molar-refractivity contribution is 7.99. The first-order valence-corrected chi connectivity index (χ1v) is 7.76. The van der Waals surface area contributed by atoms with Gasteiger partial charge in [0.1, 0.15) is 11.9 Å². The molecule has 2 nitrogen and oxygen atoms in total. The number of hydrogen-bond donors (Lipinski definition) is 1. The summed E-state index contributed by atoms with van der Waals surface area (Å²) in [5.41, 5.74) is 0.916. The van der Waals surface area contributed by atoms with Crippen molar-refractivity contribution in [2.75, 3.05) is 5.75 Å². The normalized spacial score (nSPS) is 12.7. The van der Waals surface area contributed by atoms with Gasteiger partial charge >= 0.3 is 0 Å².